The van der Waals surface area contributed by atoms with Crippen LogP contribution in [0.15, 0.2) is 30.9 Å². The van der Waals surface area contributed by atoms with Crippen molar-refractivity contribution in [2.24, 2.45) is 0 Å². The van der Waals surface area contributed by atoms with Crippen LogP contribution in [-0.2, 0) is 0 Å². The molecule has 0 radical (unpaired) electrons. The highest BCUT2D eigenvalue weighted by Crippen LogP contribution is 2.20. The van der Waals surface area contributed by atoms with Gasteiger partial charge in [-0.25, -0.2) is 4.39 Å². The van der Waals surface area contributed by atoms with E-state index >= 15 is 0 Å². The molecule has 0 spiro atoms. The number of halogens is 1. The maximum Gasteiger partial charge on any atom is 0.175 e. The van der Waals surface area contributed by atoms with Gasteiger partial charge in [0.15, 0.2) is 17.3 Å². The summed E-state index contributed by atoms with van der Waals surface area (Å²) in [5.74, 6) is -0.821. The molecular weight excluding hydrogens is 183 g/mol. The summed E-state index contributed by atoms with van der Waals surface area (Å²) in [5.41, 5.74) is 0.0456. The predicted octanol–water partition coefficient (Wildman–Crippen LogP) is 2.59. The topological polar surface area (TPSA) is 26.3 Å². The fraction of sp³-hybridized carbons (Fsp3) is 0.182. The average Bonchev–Trinajstić information content (AvgIpc) is 2.18. The van der Waals surface area contributed by atoms with E-state index in [0.29, 0.717) is 0 Å². The van der Waals surface area contributed by atoms with Crippen molar-refractivity contribution in [3.8, 4) is 5.75 Å². The molecule has 0 aliphatic carbocycles. The van der Waals surface area contributed by atoms with E-state index in [-0.39, 0.29) is 23.5 Å². The summed E-state index contributed by atoms with van der Waals surface area (Å²) in [4.78, 5) is 11.4. The first-order valence-electron chi connectivity index (χ1n) is 4.17. The highest BCUT2D eigenvalue weighted by Gasteiger charge is 2.13. The van der Waals surface area contributed by atoms with E-state index in [0.717, 1.165) is 0 Å². The van der Waals surface area contributed by atoms with Gasteiger partial charge in [-0.2, -0.15) is 0 Å². The molecular formula is C11H11FO2. The van der Waals surface area contributed by atoms with Crippen molar-refractivity contribution in [3.63, 3.8) is 0 Å². The van der Waals surface area contributed by atoms with Gasteiger partial charge in [0.2, 0.25) is 0 Å². The van der Waals surface area contributed by atoms with Crippen molar-refractivity contribution >= 4 is 5.78 Å². The molecule has 0 aromatic heterocycles. The molecule has 0 aliphatic rings. The summed E-state index contributed by atoms with van der Waals surface area (Å²) in [6.07, 6.45) is 1.57. The first-order chi connectivity index (χ1) is 6.70. The summed E-state index contributed by atoms with van der Waals surface area (Å²) in [6.45, 7) is 3.42. The molecule has 2 nitrogen and oxygen atoms in total. The van der Waals surface area contributed by atoms with Crippen LogP contribution in [0.2, 0.25) is 0 Å². The van der Waals surface area contributed by atoms with Gasteiger partial charge in [0.05, 0.1) is 12.7 Å². The lowest BCUT2D eigenvalue weighted by Crippen LogP contribution is -2.02. The van der Waals surface area contributed by atoms with Crippen molar-refractivity contribution in [3.05, 3.63) is 42.2 Å². The lowest BCUT2D eigenvalue weighted by Gasteiger charge is -2.04. The molecule has 0 unspecified atom stereocenters. The zero-order chi connectivity index (χ0) is 10.6. The molecule has 1 rings (SSSR count). The fourth-order valence-corrected chi connectivity index (χ4v) is 1.12. The van der Waals surface area contributed by atoms with Crippen molar-refractivity contribution in [1.82, 2.24) is 0 Å². The van der Waals surface area contributed by atoms with Crippen LogP contribution >= 0.6 is 0 Å². The predicted molar refractivity (Wildman–Crippen MR) is 52.1 cm³/mol. The van der Waals surface area contributed by atoms with Crippen molar-refractivity contribution < 1.29 is 13.9 Å². The Morgan fingerprint density at radius 2 is 2.36 bits per heavy atom. The van der Waals surface area contributed by atoms with E-state index in [1.54, 1.807) is 6.07 Å². The van der Waals surface area contributed by atoms with Crippen LogP contribution in [0.4, 0.5) is 4.39 Å². The second-order valence-corrected chi connectivity index (χ2v) is 2.74. The van der Waals surface area contributed by atoms with Crippen molar-refractivity contribution in [2.45, 2.75) is 6.42 Å². The number of hydrogen-bond donors (Lipinski definition) is 0. The quantitative estimate of drug-likeness (QED) is 0.544. The minimum absolute atomic E-state index is 0.0456. The second-order valence-electron chi connectivity index (χ2n) is 2.74. The van der Waals surface area contributed by atoms with Crippen LogP contribution in [0.25, 0.3) is 0 Å². The average molecular weight is 194 g/mol. The van der Waals surface area contributed by atoms with E-state index in [9.17, 15) is 9.18 Å². The van der Waals surface area contributed by atoms with Crippen LogP contribution in [0.3, 0.4) is 0 Å². The van der Waals surface area contributed by atoms with E-state index in [2.05, 4.69) is 6.58 Å². The standard InChI is InChI=1S/C11H11FO2/c1-3-5-9(13)8-6-4-7-10(14-2)11(8)12/h3-4,6-7H,1,5H2,2H3. The van der Waals surface area contributed by atoms with Crippen LogP contribution in [0, 0.1) is 5.82 Å². The maximum absolute atomic E-state index is 13.5. The zero-order valence-electron chi connectivity index (χ0n) is 7.92. The van der Waals surface area contributed by atoms with Crippen LogP contribution in [0.1, 0.15) is 16.8 Å². The van der Waals surface area contributed by atoms with Crippen molar-refractivity contribution in [2.75, 3.05) is 7.11 Å². The number of allylic oxidation sites excluding steroid dienone is 1. The summed E-state index contributed by atoms with van der Waals surface area (Å²) in [7, 11) is 1.36. The molecule has 0 aliphatic heterocycles. The Morgan fingerprint density at radius 1 is 1.64 bits per heavy atom. The highest BCUT2D eigenvalue weighted by atomic mass is 19.1. The molecule has 0 bridgehead atoms. The Balaban J connectivity index is 3.08. The molecule has 0 amide bonds. The molecule has 0 saturated heterocycles. The third-order valence-corrected chi connectivity index (χ3v) is 1.81. The summed E-state index contributed by atoms with van der Waals surface area (Å²) in [6, 6.07) is 4.49. The maximum atomic E-state index is 13.5. The van der Waals surface area contributed by atoms with E-state index in [1.165, 1.54) is 25.3 Å². The number of methoxy groups -OCH3 is 1. The van der Waals surface area contributed by atoms with Gasteiger partial charge in [0.25, 0.3) is 0 Å². The van der Waals surface area contributed by atoms with E-state index < -0.39 is 5.82 Å². The van der Waals surface area contributed by atoms with Gasteiger partial charge in [0.1, 0.15) is 0 Å². The number of carbonyl (C=O) groups is 1. The van der Waals surface area contributed by atoms with Crippen LogP contribution in [0.5, 0.6) is 5.75 Å². The highest BCUT2D eigenvalue weighted by molar-refractivity contribution is 5.97. The SMILES string of the molecule is C=CCC(=O)c1cccc(OC)c1F. The van der Waals surface area contributed by atoms with Gasteiger partial charge in [-0.1, -0.05) is 12.1 Å². The third-order valence-electron chi connectivity index (χ3n) is 1.81. The Kier molecular flexibility index (Phi) is 3.40. The monoisotopic (exact) mass is 194 g/mol. The molecule has 3 heteroatoms. The summed E-state index contributed by atoms with van der Waals surface area (Å²) >= 11 is 0. The molecule has 14 heavy (non-hydrogen) atoms. The Morgan fingerprint density at radius 3 is 2.93 bits per heavy atom. The fourth-order valence-electron chi connectivity index (χ4n) is 1.12. The Bertz CT molecular complexity index is 358. The number of rotatable bonds is 4. The number of Topliss-reactive ketones (excluding diaryl/α,β-unsaturated/α-hetero) is 1. The number of ketones is 1. The molecule has 1 aromatic carbocycles. The zero-order valence-corrected chi connectivity index (χ0v) is 7.92. The molecule has 0 N–H and O–H groups in total. The lowest BCUT2D eigenvalue weighted by molar-refractivity contribution is 0.0991. The minimum Gasteiger partial charge on any atom is -0.494 e. The van der Waals surface area contributed by atoms with Gasteiger partial charge in [-0.05, 0) is 12.1 Å². The number of hydrogen-bond acceptors (Lipinski definition) is 2. The Labute approximate surface area is 82.0 Å². The largest absolute Gasteiger partial charge is 0.494 e. The molecule has 0 fully saturated rings. The first-order valence-corrected chi connectivity index (χ1v) is 4.17. The minimum atomic E-state index is -0.609. The number of carbonyl (C=O) groups excluding carboxylic acids is 1. The smallest absolute Gasteiger partial charge is 0.175 e. The molecule has 0 heterocycles. The third kappa shape index (κ3) is 1.99. The Hall–Kier alpha value is -1.64. The molecule has 1 aromatic rings. The van der Waals surface area contributed by atoms with Crippen LogP contribution in [-0.4, -0.2) is 12.9 Å². The molecule has 0 atom stereocenters. The van der Waals surface area contributed by atoms with Gasteiger partial charge < -0.3 is 4.74 Å². The van der Waals surface area contributed by atoms with Gasteiger partial charge >= 0.3 is 0 Å². The number of ether oxygens (including phenoxy) is 1. The van der Waals surface area contributed by atoms with Crippen LogP contribution < -0.4 is 4.74 Å². The first kappa shape index (κ1) is 10.4. The van der Waals surface area contributed by atoms with E-state index in [1.807, 2.05) is 0 Å². The van der Waals surface area contributed by atoms with Gasteiger partial charge in [0, 0.05) is 6.42 Å². The molecule has 74 valence electrons. The summed E-state index contributed by atoms with van der Waals surface area (Å²) in [5, 5.41) is 0. The van der Waals surface area contributed by atoms with Crippen molar-refractivity contribution in [1.29, 1.82) is 0 Å². The second kappa shape index (κ2) is 4.56. The van der Waals surface area contributed by atoms with Gasteiger partial charge in [-0.15, -0.1) is 6.58 Å². The van der Waals surface area contributed by atoms with Gasteiger partial charge in [-0.3, -0.25) is 4.79 Å². The molecule has 0 saturated carbocycles. The lowest BCUT2D eigenvalue weighted by atomic mass is 10.1. The number of benzene rings is 1. The normalized spacial score (nSPS) is 9.57. The summed E-state index contributed by atoms with van der Waals surface area (Å²) < 4.78 is 18.2. The van der Waals surface area contributed by atoms with E-state index in [4.69, 9.17) is 4.74 Å².